The predicted octanol–water partition coefficient (Wildman–Crippen LogP) is 3.80. The highest BCUT2D eigenvalue weighted by atomic mass is 127. The van der Waals surface area contributed by atoms with Crippen molar-refractivity contribution >= 4 is 29.9 Å². The molecule has 2 N–H and O–H groups in total. The third-order valence-electron chi connectivity index (χ3n) is 5.34. The zero-order valence-corrected chi connectivity index (χ0v) is 20.3. The molecule has 0 amide bonds. The summed E-state index contributed by atoms with van der Waals surface area (Å²) in [6.45, 7) is 6.04. The number of para-hydroxylation sites is 1. The highest BCUT2D eigenvalue weighted by Gasteiger charge is 2.22. The Morgan fingerprint density at radius 2 is 1.80 bits per heavy atom. The summed E-state index contributed by atoms with van der Waals surface area (Å²) < 4.78 is 5.72. The molecule has 5 nitrogen and oxygen atoms in total. The van der Waals surface area contributed by atoms with Gasteiger partial charge in [0.1, 0.15) is 5.75 Å². The fraction of sp³-hybridized carbons (Fsp3) is 0.458. The maximum atomic E-state index is 5.72. The molecule has 0 bridgehead atoms. The molecule has 0 aliphatic carbocycles. The molecular weight excluding hydrogens is 487 g/mol. The average molecular weight is 522 g/mol. The quantitative estimate of drug-likeness (QED) is 0.216. The maximum Gasteiger partial charge on any atom is 0.190 e. The Kier molecular flexibility index (Phi) is 11.6. The van der Waals surface area contributed by atoms with Crippen molar-refractivity contribution in [3.8, 4) is 5.75 Å². The van der Waals surface area contributed by atoms with Gasteiger partial charge < -0.3 is 20.3 Å². The van der Waals surface area contributed by atoms with Crippen LogP contribution in [0.5, 0.6) is 5.75 Å². The minimum atomic E-state index is 0. The number of benzene rings is 2. The van der Waals surface area contributed by atoms with Crippen LogP contribution in [-0.4, -0.2) is 57.2 Å². The van der Waals surface area contributed by atoms with E-state index in [2.05, 4.69) is 50.9 Å². The van der Waals surface area contributed by atoms with Crippen LogP contribution in [0.25, 0.3) is 0 Å². The fourth-order valence-corrected chi connectivity index (χ4v) is 3.66. The fourth-order valence-electron chi connectivity index (χ4n) is 3.66. The van der Waals surface area contributed by atoms with Gasteiger partial charge in [0, 0.05) is 33.2 Å². The molecule has 1 atom stereocenters. The molecule has 30 heavy (non-hydrogen) atoms. The number of guanidine groups is 1. The number of likely N-dealkylation sites (tertiary alicyclic amines) is 1. The molecule has 0 radical (unpaired) electrons. The lowest BCUT2D eigenvalue weighted by molar-refractivity contribution is 0.311. The molecule has 1 aliphatic heterocycles. The van der Waals surface area contributed by atoms with Crippen molar-refractivity contribution in [1.82, 2.24) is 15.5 Å². The summed E-state index contributed by atoms with van der Waals surface area (Å²) in [6.07, 6.45) is 3.32. The first-order chi connectivity index (χ1) is 14.3. The molecule has 2 aromatic rings. The van der Waals surface area contributed by atoms with E-state index in [0.29, 0.717) is 12.5 Å². The van der Waals surface area contributed by atoms with Crippen molar-refractivity contribution in [2.45, 2.75) is 19.3 Å². The molecule has 0 saturated carbocycles. The second kappa shape index (κ2) is 14.2. The van der Waals surface area contributed by atoms with Gasteiger partial charge in [-0.25, -0.2) is 0 Å². The zero-order valence-electron chi connectivity index (χ0n) is 17.9. The summed E-state index contributed by atoms with van der Waals surface area (Å²) in [5.41, 5.74) is 1.43. The minimum Gasteiger partial charge on any atom is -0.494 e. The molecule has 164 valence electrons. The molecule has 2 aromatic carbocycles. The normalized spacial score (nSPS) is 16.7. The third kappa shape index (κ3) is 8.92. The number of nitrogens with zero attached hydrogens (tertiary/aromatic N) is 2. The number of hydrogen-bond acceptors (Lipinski definition) is 3. The van der Waals surface area contributed by atoms with Gasteiger partial charge in [-0.05, 0) is 49.4 Å². The van der Waals surface area contributed by atoms with Crippen LogP contribution >= 0.6 is 24.0 Å². The van der Waals surface area contributed by atoms with Gasteiger partial charge in [-0.3, -0.25) is 4.99 Å². The van der Waals surface area contributed by atoms with Gasteiger partial charge in [-0.1, -0.05) is 48.5 Å². The highest BCUT2D eigenvalue weighted by Crippen LogP contribution is 2.16. The third-order valence-corrected chi connectivity index (χ3v) is 5.34. The Morgan fingerprint density at radius 3 is 2.53 bits per heavy atom. The first-order valence-electron chi connectivity index (χ1n) is 10.7. The Bertz CT molecular complexity index is 727. The Hall–Kier alpha value is -1.80. The number of aliphatic imine (C=N–C) groups is 1. The van der Waals surface area contributed by atoms with Gasteiger partial charge in [0.05, 0.1) is 6.61 Å². The first kappa shape index (κ1) is 24.5. The predicted molar refractivity (Wildman–Crippen MR) is 136 cm³/mol. The van der Waals surface area contributed by atoms with Crippen molar-refractivity contribution in [2.75, 3.05) is 46.4 Å². The van der Waals surface area contributed by atoms with E-state index < -0.39 is 0 Å². The van der Waals surface area contributed by atoms with E-state index in [0.717, 1.165) is 44.2 Å². The Labute approximate surface area is 198 Å². The summed E-state index contributed by atoms with van der Waals surface area (Å²) >= 11 is 0. The zero-order chi connectivity index (χ0) is 20.2. The van der Waals surface area contributed by atoms with Gasteiger partial charge in [-0.15, -0.1) is 24.0 Å². The largest absolute Gasteiger partial charge is 0.494 e. The van der Waals surface area contributed by atoms with E-state index in [9.17, 15) is 0 Å². The summed E-state index contributed by atoms with van der Waals surface area (Å²) in [4.78, 5) is 6.92. The lowest BCUT2D eigenvalue weighted by Crippen LogP contribution is -2.41. The second-order valence-corrected chi connectivity index (χ2v) is 7.59. The first-order valence-corrected chi connectivity index (χ1v) is 10.7. The standard InChI is InChI=1S/C24H34N4O.HI/c1-25-24(26-15-8-18-29-23-11-6-3-7-12-23)27-19-22-14-17-28(20-22)16-13-21-9-4-2-5-10-21;/h2-7,9-12,22H,8,13-20H2,1H3,(H2,25,26,27);1H. The van der Waals surface area contributed by atoms with E-state index in [1.54, 1.807) is 0 Å². The van der Waals surface area contributed by atoms with Gasteiger partial charge >= 0.3 is 0 Å². The van der Waals surface area contributed by atoms with Crippen LogP contribution in [0.1, 0.15) is 18.4 Å². The van der Waals surface area contributed by atoms with Gasteiger partial charge in [0.2, 0.25) is 0 Å². The topological polar surface area (TPSA) is 48.9 Å². The average Bonchev–Trinajstić information content (AvgIpc) is 3.23. The number of halogens is 1. The summed E-state index contributed by atoms with van der Waals surface area (Å²) in [6, 6.07) is 20.7. The van der Waals surface area contributed by atoms with Crippen molar-refractivity contribution in [1.29, 1.82) is 0 Å². The lowest BCUT2D eigenvalue weighted by atomic mass is 10.1. The lowest BCUT2D eigenvalue weighted by Gasteiger charge is -2.17. The molecule has 0 aromatic heterocycles. The summed E-state index contributed by atoms with van der Waals surface area (Å²) in [7, 11) is 1.83. The van der Waals surface area contributed by atoms with Crippen molar-refractivity contribution in [3.63, 3.8) is 0 Å². The minimum absolute atomic E-state index is 0. The summed E-state index contributed by atoms with van der Waals surface area (Å²) in [5, 5.41) is 6.87. The number of ether oxygens (including phenoxy) is 1. The molecule has 0 spiro atoms. The Morgan fingerprint density at radius 1 is 1.07 bits per heavy atom. The molecule has 1 saturated heterocycles. The van der Waals surface area contributed by atoms with Crippen LogP contribution in [0.15, 0.2) is 65.7 Å². The van der Waals surface area contributed by atoms with Crippen LogP contribution in [-0.2, 0) is 6.42 Å². The van der Waals surface area contributed by atoms with E-state index in [1.165, 1.54) is 25.1 Å². The summed E-state index contributed by atoms with van der Waals surface area (Å²) in [5.74, 6) is 2.49. The Balaban J connectivity index is 0.00000320. The molecule has 1 aliphatic rings. The molecular formula is C24H35IN4O. The smallest absolute Gasteiger partial charge is 0.190 e. The second-order valence-electron chi connectivity index (χ2n) is 7.59. The van der Waals surface area contributed by atoms with E-state index in [-0.39, 0.29) is 24.0 Å². The number of rotatable bonds is 10. The van der Waals surface area contributed by atoms with E-state index >= 15 is 0 Å². The van der Waals surface area contributed by atoms with Crippen LogP contribution in [0.2, 0.25) is 0 Å². The highest BCUT2D eigenvalue weighted by molar-refractivity contribution is 14.0. The van der Waals surface area contributed by atoms with E-state index in [4.69, 9.17) is 4.74 Å². The van der Waals surface area contributed by atoms with Gasteiger partial charge in [-0.2, -0.15) is 0 Å². The number of nitrogens with one attached hydrogen (secondary N) is 2. The van der Waals surface area contributed by atoms with E-state index in [1.807, 2.05) is 37.4 Å². The molecule has 1 unspecified atom stereocenters. The molecule has 1 fully saturated rings. The monoisotopic (exact) mass is 522 g/mol. The maximum absolute atomic E-state index is 5.72. The van der Waals surface area contributed by atoms with Crippen molar-refractivity contribution < 1.29 is 4.74 Å². The van der Waals surface area contributed by atoms with Gasteiger partial charge in [0.25, 0.3) is 0 Å². The molecule has 1 heterocycles. The van der Waals surface area contributed by atoms with Crippen LogP contribution < -0.4 is 15.4 Å². The molecule has 6 heteroatoms. The number of hydrogen-bond donors (Lipinski definition) is 2. The van der Waals surface area contributed by atoms with Gasteiger partial charge in [0.15, 0.2) is 5.96 Å². The van der Waals surface area contributed by atoms with Crippen LogP contribution in [0.4, 0.5) is 0 Å². The van der Waals surface area contributed by atoms with Crippen molar-refractivity contribution in [2.24, 2.45) is 10.9 Å². The van der Waals surface area contributed by atoms with Crippen LogP contribution in [0, 0.1) is 5.92 Å². The molecule has 3 rings (SSSR count). The SMILES string of the molecule is CN=C(NCCCOc1ccccc1)NCC1CCN(CCc2ccccc2)C1.I. The van der Waals surface area contributed by atoms with Crippen molar-refractivity contribution in [3.05, 3.63) is 66.2 Å². The van der Waals surface area contributed by atoms with Crippen LogP contribution in [0.3, 0.4) is 0 Å².